The van der Waals surface area contributed by atoms with Crippen molar-refractivity contribution in [3.63, 3.8) is 0 Å². The SMILES string of the molecule is Cc1cc2cc(n1)-c1cnn(C)c1OCCC[C@@H](C)Cn1c(nc3ccc(C(=O)N(C)C4CCN(C5CN(c6cc(F)c([C@H]7CCC(=O)NC7=O)c(F)c6)C5)CC4)cc31)NC2=O. The van der Waals surface area contributed by atoms with E-state index in [0.717, 1.165) is 44.3 Å². The van der Waals surface area contributed by atoms with Crippen molar-refractivity contribution < 1.29 is 32.7 Å². The normalized spacial score (nSPS) is 20.6. The number of hydrogen-bond acceptors (Lipinski definition) is 10. The number of carbonyl (C=O) groups is 4. The summed E-state index contributed by atoms with van der Waals surface area (Å²) in [5.41, 5.74) is 4.48. The number of aromatic nitrogens is 5. The van der Waals surface area contributed by atoms with Gasteiger partial charge in [0, 0.05) is 93.4 Å². The largest absolute Gasteiger partial charge is 0.477 e. The standard InChI is InChI=1S/C45H50F2N10O5/c1-25-6-5-15-62-44-33(21-48-54(44)4)37-17-28(16-26(2)49-37)41(59)52-45-50-36-9-7-27(18-38(36)57(45)22-25)43(61)53(3)29-11-13-55(14-12-29)31-23-56(24-31)30-19-34(46)40(35(47)20-30)32-8-10-39(58)51-42(32)60/h7,9,16-21,25,29,31-32H,5-6,8,10-15,22-24H2,1-4H3,(H,50,52,59)(H,51,58,60)/t25-,32-/m1/s1. The minimum atomic E-state index is -1.03. The van der Waals surface area contributed by atoms with Crippen LogP contribution >= 0.6 is 0 Å². The second-order valence-electron chi connectivity index (χ2n) is 17.2. The molecule has 2 bridgehead atoms. The van der Waals surface area contributed by atoms with Gasteiger partial charge in [-0.3, -0.25) is 39.7 Å². The monoisotopic (exact) mass is 848 g/mol. The van der Waals surface area contributed by atoms with Gasteiger partial charge in [0.25, 0.3) is 11.8 Å². The third-order valence-electron chi connectivity index (χ3n) is 12.9. The van der Waals surface area contributed by atoms with Gasteiger partial charge in [0.2, 0.25) is 23.6 Å². The molecule has 17 heteroatoms. The Balaban J connectivity index is 0.860. The summed E-state index contributed by atoms with van der Waals surface area (Å²) in [6.07, 6.45) is 5.01. The summed E-state index contributed by atoms with van der Waals surface area (Å²) in [7, 11) is 3.67. The topological polar surface area (TPSA) is 160 Å². The number of fused-ring (bicyclic) bond motifs is 7. The molecule has 7 heterocycles. The molecule has 62 heavy (non-hydrogen) atoms. The van der Waals surface area contributed by atoms with Crippen LogP contribution < -0.4 is 20.3 Å². The van der Waals surface area contributed by atoms with E-state index in [-0.39, 0.29) is 48.2 Å². The van der Waals surface area contributed by atoms with E-state index in [9.17, 15) is 19.2 Å². The molecule has 15 nitrogen and oxygen atoms in total. The molecular weight excluding hydrogens is 799 g/mol. The van der Waals surface area contributed by atoms with Gasteiger partial charge in [-0.05, 0) is 87.4 Å². The number of carbonyl (C=O) groups excluding carboxylic acids is 4. The van der Waals surface area contributed by atoms with E-state index in [1.165, 1.54) is 12.1 Å². The average Bonchev–Trinajstić information content (AvgIpc) is 3.76. The molecule has 0 spiro atoms. The van der Waals surface area contributed by atoms with E-state index >= 15 is 8.78 Å². The number of nitrogens with zero attached hydrogens (tertiary/aromatic N) is 8. The highest BCUT2D eigenvalue weighted by Crippen LogP contribution is 2.35. The van der Waals surface area contributed by atoms with Crippen molar-refractivity contribution in [3.05, 3.63) is 82.7 Å². The molecule has 3 aromatic heterocycles. The predicted molar refractivity (Wildman–Crippen MR) is 227 cm³/mol. The van der Waals surface area contributed by atoms with Crippen molar-refractivity contribution in [2.75, 3.05) is 50.1 Å². The number of aryl methyl sites for hydroxylation is 2. The summed E-state index contributed by atoms with van der Waals surface area (Å²) in [6.45, 7) is 7.80. The number of likely N-dealkylation sites (tertiary alicyclic amines) is 1. The van der Waals surface area contributed by atoms with Crippen molar-refractivity contribution in [3.8, 4) is 17.1 Å². The Morgan fingerprint density at radius 1 is 0.935 bits per heavy atom. The Bertz CT molecular complexity index is 2570. The van der Waals surface area contributed by atoms with E-state index in [4.69, 9.17) is 9.72 Å². The van der Waals surface area contributed by atoms with Crippen LogP contribution in [0.5, 0.6) is 5.88 Å². The van der Waals surface area contributed by atoms with Gasteiger partial charge in [0.1, 0.15) is 11.6 Å². The number of hydrogen-bond donors (Lipinski definition) is 2. The van der Waals surface area contributed by atoms with E-state index in [0.29, 0.717) is 77.4 Å². The number of piperidine rings is 2. The zero-order valence-electron chi connectivity index (χ0n) is 35.3. The fourth-order valence-electron chi connectivity index (χ4n) is 9.38. The molecule has 3 saturated heterocycles. The second kappa shape index (κ2) is 16.6. The first-order valence-corrected chi connectivity index (χ1v) is 21.4. The summed E-state index contributed by atoms with van der Waals surface area (Å²) in [4.78, 5) is 67.5. The van der Waals surface area contributed by atoms with Gasteiger partial charge in [0.05, 0.1) is 41.0 Å². The molecular formula is C45H50F2N10O5. The van der Waals surface area contributed by atoms with E-state index in [2.05, 4.69) is 32.5 Å². The number of imide groups is 1. The number of anilines is 2. The van der Waals surface area contributed by atoms with Gasteiger partial charge in [-0.1, -0.05) is 6.92 Å². The van der Waals surface area contributed by atoms with Crippen molar-refractivity contribution in [1.82, 2.24) is 39.4 Å². The number of rotatable bonds is 5. The third-order valence-corrected chi connectivity index (χ3v) is 12.9. The number of pyridine rings is 1. The van der Waals surface area contributed by atoms with E-state index in [1.54, 1.807) is 29.1 Å². The Labute approximate surface area is 357 Å². The van der Waals surface area contributed by atoms with Crippen LogP contribution in [0.25, 0.3) is 22.3 Å². The first-order chi connectivity index (χ1) is 29.8. The van der Waals surface area contributed by atoms with Gasteiger partial charge in [0.15, 0.2) is 0 Å². The molecule has 2 N–H and O–H groups in total. The fourth-order valence-corrected chi connectivity index (χ4v) is 9.38. The molecule has 9 rings (SSSR count). The Kier molecular flexibility index (Phi) is 11.0. The Morgan fingerprint density at radius 2 is 1.69 bits per heavy atom. The summed E-state index contributed by atoms with van der Waals surface area (Å²) < 4.78 is 40.3. The summed E-state index contributed by atoms with van der Waals surface area (Å²) in [5.74, 6) is -2.95. The summed E-state index contributed by atoms with van der Waals surface area (Å²) in [5, 5.41) is 9.62. The number of halogens is 2. The lowest BCUT2D eigenvalue weighted by atomic mass is 9.89. The van der Waals surface area contributed by atoms with Gasteiger partial charge in [-0.15, -0.1) is 0 Å². The molecule has 0 aliphatic carbocycles. The van der Waals surface area contributed by atoms with E-state index in [1.807, 2.05) is 47.5 Å². The maximum Gasteiger partial charge on any atom is 0.258 e. The van der Waals surface area contributed by atoms with Crippen LogP contribution in [-0.4, -0.2) is 110 Å². The van der Waals surface area contributed by atoms with Crippen LogP contribution in [0, 0.1) is 24.5 Å². The average molecular weight is 849 g/mol. The summed E-state index contributed by atoms with van der Waals surface area (Å²) in [6, 6.07) is 11.8. The molecule has 0 unspecified atom stereocenters. The molecule has 2 atom stereocenters. The van der Waals surface area contributed by atoms with Gasteiger partial charge >= 0.3 is 0 Å². The molecule has 5 aromatic rings. The lowest BCUT2D eigenvalue weighted by Crippen LogP contribution is -2.62. The minimum absolute atomic E-state index is 0.0221. The number of amides is 4. The molecule has 0 radical (unpaired) electrons. The molecule has 4 amide bonds. The number of nitrogens with one attached hydrogen (secondary N) is 2. The second-order valence-corrected chi connectivity index (χ2v) is 17.2. The van der Waals surface area contributed by atoms with Crippen LogP contribution in [0.2, 0.25) is 0 Å². The first-order valence-electron chi connectivity index (χ1n) is 21.4. The highest BCUT2D eigenvalue weighted by Gasteiger charge is 2.38. The maximum atomic E-state index is 15.2. The molecule has 4 aliphatic rings. The van der Waals surface area contributed by atoms with Gasteiger partial charge in [-0.25, -0.2) is 18.4 Å². The number of benzene rings is 2. The van der Waals surface area contributed by atoms with Crippen LogP contribution in [0.1, 0.15) is 83.3 Å². The number of ether oxygens (including phenoxy) is 1. The van der Waals surface area contributed by atoms with Crippen molar-refractivity contribution in [1.29, 1.82) is 0 Å². The van der Waals surface area contributed by atoms with Gasteiger partial charge in [-0.2, -0.15) is 5.10 Å². The minimum Gasteiger partial charge on any atom is -0.477 e. The Hall–Kier alpha value is -6.23. The van der Waals surface area contributed by atoms with Crippen molar-refractivity contribution in [2.24, 2.45) is 13.0 Å². The summed E-state index contributed by atoms with van der Waals surface area (Å²) >= 11 is 0. The lowest BCUT2D eigenvalue weighted by molar-refractivity contribution is -0.134. The number of imidazole rings is 1. The fraction of sp³-hybridized carbons (Fsp3) is 0.444. The maximum absolute atomic E-state index is 15.2. The molecule has 3 fully saturated rings. The van der Waals surface area contributed by atoms with E-state index < -0.39 is 29.4 Å². The third kappa shape index (κ3) is 7.89. The molecule has 0 saturated carbocycles. The molecule has 2 aromatic carbocycles. The quantitative estimate of drug-likeness (QED) is 0.219. The first kappa shape index (κ1) is 41.1. The highest BCUT2D eigenvalue weighted by molar-refractivity contribution is 6.05. The van der Waals surface area contributed by atoms with Crippen molar-refractivity contribution in [2.45, 2.75) is 76.9 Å². The Morgan fingerprint density at radius 3 is 2.44 bits per heavy atom. The van der Waals surface area contributed by atoms with Crippen LogP contribution in [0.15, 0.2) is 48.7 Å². The smallest absolute Gasteiger partial charge is 0.258 e. The van der Waals surface area contributed by atoms with Crippen LogP contribution in [0.4, 0.5) is 20.4 Å². The highest BCUT2D eigenvalue weighted by atomic mass is 19.1. The van der Waals surface area contributed by atoms with Crippen molar-refractivity contribution >= 4 is 46.3 Å². The predicted octanol–water partition coefficient (Wildman–Crippen LogP) is 5.42. The van der Waals surface area contributed by atoms with Crippen LogP contribution in [-0.2, 0) is 23.2 Å². The zero-order valence-corrected chi connectivity index (χ0v) is 35.3. The van der Waals surface area contributed by atoms with Crippen LogP contribution in [0.3, 0.4) is 0 Å². The molecule has 4 aliphatic heterocycles. The van der Waals surface area contributed by atoms with Gasteiger partial charge < -0.3 is 19.1 Å². The lowest BCUT2D eigenvalue weighted by Gasteiger charge is -2.49. The molecule has 324 valence electrons. The zero-order chi connectivity index (χ0) is 43.4.